The number of nitrogens with zero attached hydrogens (tertiary/aromatic N) is 1. The van der Waals surface area contributed by atoms with Crippen LogP contribution in [0.3, 0.4) is 0 Å². The number of rotatable bonds is 4. The number of hydrogen-bond acceptors (Lipinski definition) is 3. The summed E-state index contributed by atoms with van der Waals surface area (Å²) in [4.78, 5) is 13.1. The van der Waals surface area contributed by atoms with Crippen LogP contribution in [-0.2, 0) is 4.52 Å². The lowest BCUT2D eigenvalue weighted by Gasteiger charge is -2.39. The molecule has 2 saturated heterocycles. The first-order chi connectivity index (χ1) is 11.7. The van der Waals surface area contributed by atoms with Crippen molar-refractivity contribution < 1.29 is 9.42 Å². The Morgan fingerprint density at radius 1 is 1.08 bits per heavy atom. The van der Waals surface area contributed by atoms with E-state index in [9.17, 15) is 4.89 Å². The molecule has 0 aromatic heterocycles. The van der Waals surface area contributed by atoms with E-state index in [-0.39, 0.29) is 6.10 Å². The molecule has 0 saturated carbocycles. The Hall–Kier alpha value is -0.900. The number of benzene rings is 2. The largest absolute Gasteiger partial charge is 0.338 e. The molecular weight excluding hydrogens is 337 g/mol. The average Bonchev–Trinajstić information content (AvgIpc) is 3.22. The third kappa shape index (κ3) is 2.91. The molecule has 5 heteroatoms. The molecule has 3 unspecified atom stereocenters. The molecule has 0 radical (unpaired) electrons. The van der Waals surface area contributed by atoms with Gasteiger partial charge in [0.1, 0.15) is 0 Å². The van der Waals surface area contributed by atoms with Crippen LogP contribution >= 0.6 is 18.6 Å². The van der Waals surface area contributed by atoms with E-state index >= 15 is 0 Å². The van der Waals surface area contributed by atoms with Crippen LogP contribution in [0.2, 0.25) is 0 Å². The van der Waals surface area contributed by atoms with Crippen LogP contribution in [0.5, 0.6) is 0 Å². The quantitative estimate of drug-likeness (QED) is 0.807. The van der Waals surface area contributed by atoms with E-state index in [4.69, 9.17) is 4.52 Å². The summed E-state index contributed by atoms with van der Waals surface area (Å²) in [5.41, 5.74) is 0. The Balaban J connectivity index is 1.69. The fourth-order valence-electron chi connectivity index (χ4n) is 3.86. The maximum Gasteiger partial charge on any atom is 0.256 e. The Kier molecular flexibility index (Phi) is 4.68. The molecule has 0 bridgehead atoms. The van der Waals surface area contributed by atoms with Gasteiger partial charge in [-0.25, -0.2) is 4.67 Å². The maximum atomic E-state index is 10.3. The van der Waals surface area contributed by atoms with Crippen molar-refractivity contribution in [3.63, 3.8) is 0 Å². The van der Waals surface area contributed by atoms with E-state index in [1.165, 1.54) is 16.2 Å². The van der Waals surface area contributed by atoms with Crippen molar-refractivity contribution in [2.75, 3.05) is 18.6 Å². The van der Waals surface area contributed by atoms with Gasteiger partial charge in [0.15, 0.2) is 0 Å². The second kappa shape index (κ2) is 6.78. The SMILES string of the molecule is CS(CC1OP(O)N2CCCC12)(c1ccccc1)c1ccccc1. The first-order valence-electron chi connectivity index (χ1n) is 8.47. The summed E-state index contributed by atoms with van der Waals surface area (Å²) in [6, 6.07) is 22.0. The van der Waals surface area contributed by atoms with Crippen LogP contribution in [0, 0.1) is 0 Å². The summed E-state index contributed by atoms with van der Waals surface area (Å²) < 4.78 is 8.22. The predicted molar refractivity (Wildman–Crippen MR) is 102 cm³/mol. The van der Waals surface area contributed by atoms with Gasteiger partial charge in [-0.05, 0) is 53.2 Å². The van der Waals surface area contributed by atoms with Crippen LogP contribution in [0.25, 0.3) is 0 Å². The first-order valence-corrected chi connectivity index (χ1v) is 11.8. The van der Waals surface area contributed by atoms with Gasteiger partial charge in [-0.3, -0.25) is 0 Å². The molecule has 2 fully saturated rings. The van der Waals surface area contributed by atoms with Crippen molar-refractivity contribution >= 4 is 18.6 Å². The normalized spacial score (nSPS) is 28.0. The van der Waals surface area contributed by atoms with Crippen LogP contribution in [-0.4, -0.2) is 40.3 Å². The van der Waals surface area contributed by atoms with Gasteiger partial charge >= 0.3 is 0 Å². The van der Waals surface area contributed by atoms with Crippen molar-refractivity contribution in [3.8, 4) is 0 Å². The Bertz CT molecular complexity index is 645. The zero-order chi connectivity index (χ0) is 16.6. The minimum Gasteiger partial charge on any atom is -0.338 e. The van der Waals surface area contributed by atoms with Gasteiger partial charge in [0, 0.05) is 18.3 Å². The van der Waals surface area contributed by atoms with E-state index in [0.717, 1.165) is 18.7 Å². The third-order valence-corrected chi connectivity index (χ3v) is 10.2. The van der Waals surface area contributed by atoms with Crippen molar-refractivity contribution in [2.45, 2.75) is 34.8 Å². The van der Waals surface area contributed by atoms with E-state index in [2.05, 4.69) is 71.6 Å². The van der Waals surface area contributed by atoms with Gasteiger partial charge in [-0.2, -0.15) is 10.0 Å². The molecule has 0 amide bonds. The fourth-order valence-corrected chi connectivity index (χ4v) is 8.49. The van der Waals surface area contributed by atoms with Gasteiger partial charge in [0.05, 0.1) is 6.10 Å². The van der Waals surface area contributed by atoms with Gasteiger partial charge in [-0.15, -0.1) is 0 Å². The highest BCUT2D eigenvalue weighted by Gasteiger charge is 2.47. The minimum absolute atomic E-state index is 0.129. The lowest BCUT2D eigenvalue weighted by atomic mass is 10.1. The van der Waals surface area contributed by atoms with Gasteiger partial charge < -0.3 is 9.42 Å². The Morgan fingerprint density at radius 3 is 2.25 bits per heavy atom. The fraction of sp³-hybridized carbons (Fsp3) is 0.368. The van der Waals surface area contributed by atoms with E-state index in [1.54, 1.807) is 0 Å². The number of hydrogen-bond donors (Lipinski definition) is 1. The smallest absolute Gasteiger partial charge is 0.256 e. The monoisotopic (exact) mass is 361 g/mol. The highest BCUT2D eigenvalue weighted by atomic mass is 32.3. The molecule has 2 heterocycles. The summed E-state index contributed by atoms with van der Waals surface area (Å²) in [6.45, 7) is 0.978. The second-order valence-corrected chi connectivity index (χ2v) is 11.3. The van der Waals surface area contributed by atoms with Crippen LogP contribution in [0.15, 0.2) is 70.5 Å². The average molecular weight is 361 g/mol. The summed E-state index contributed by atoms with van der Waals surface area (Å²) >= 11 is 0. The highest BCUT2D eigenvalue weighted by molar-refractivity contribution is 8.33. The van der Waals surface area contributed by atoms with Gasteiger partial charge in [0.25, 0.3) is 8.53 Å². The predicted octanol–water partition coefficient (Wildman–Crippen LogP) is 4.62. The summed E-state index contributed by atoms with van der Waals surface area (Å²) in [5.74, 6) is 0.974. The van der Waals surface area contributed by atoms with E-state index < -0.39 is 18.6 Å². The molecule has 24 heavy (non-hydrogen) atoms. The van der Waals surface area contributed by atoms with Crippen LogP contribution in [0.1, 0.15) is 12.8 Å². The summed E-state index contributed by atoms with van der Waals surface area (Å²) in [6.07, 6.45) is 4.83. The topological polar surface area (TPSA) is 32.7 Å². The summed E-state index contributed by atoms with van der Waals surface area (Å²) in [5, 5.41) is 0. The molecule has 2 aromatic rings. The minimum atomic E-state index is -1.39. The van der Waals surface area contributed by atoms with Crippen molar-refractivity contribution in [1.82, 2.24) is 4.67 Å². The molecule has 2 aliphatic rings. The molecule has 4 rings (SSSR count). The van der Waals surface area contributed by atoms with E-state index in [0.29, 0.717) is 6.04 Å². The maximum absolute atomic E-state index is 10.3. The van der Waals surface area contributed by atoms with Crippen molar-refractivity contribution in [2.24, 2.45) is 0 Å². The molecule has 3 atom stereocenters. The zero-order valence-corrected chi connectivity index (χ0v) is 15.6. The molecular formula is C19H24NO2PS. The van der Waals surface area contributed by atoms with Crippen molar-refractivity contribution in [3.05, 3.63) is 60.7 Å². The first kappa shape index (κ1) is 16.6. The standard InChI is InChI=1S/C19H24NO2PS/c1-24(16-9-4-2-5-10-16,17-11-6-3-7-12-17)15-19-18-13-8-14-20(18)23(21)22-19/h2-7,9-12,18-19,21H,8,13-15H2,1H3. The van der Waals surface area contributed by atoms with E-state index in [1.807, 2.05) is 0 Å². The third-order valence-electron chi connectivity index (χ3n) is 5.17. The summed E-state index contributed by atoms with van der Waals surface area (Å²) in [7, 11) is -2.58. The molecule has 2 aromatic carbocycles. The molecule has 1 N–H and O–H groups in total. The highest BCUT2D eigenvalue weighted by Crippen LogP contribution is 2.63. The zero-order valence-electron chi connectivity index (χ0n) is 13.9. The molecule has 3 nitrogen and oxygen atoms in total. The van der Waals surface area contributed by atoms with Crippen molar-refractivity contribution in [1.29, 1.82) is 0 Å². The van der Waals surface area contributed by atoms with Crippen LogP contribution in [0.4, 0.5) is 0 Å². The Labute approximate surface area is 146 Å². The molecule has 0 spiro atoms. The number of fused-ring (bicyclic) bond motifs is 1. The molecule has 2 aliphatic heterocycles. The lowest BCUT2D eigenvalue weighted by molar-refractivity contribution is 0.226. The molecule has 128 valence electrons. The lowest BCUT2D eigenvalue weighted by Crippen LogP contribution is -2.32. The van der Waals surface area contributed by atoms with Crippen LogP contribution < -0.4 is 0 Å². The Morgan fingerprint density at radius 2 is 1.67 bits per heavy atom. The molecule has 0 aliphatic carbocycles. The van der Waals surface area contributed by atoms with Gasteiger partial charge in [-0.1, -0.05) is 36.4 Å². The van der Waals surface area contributed by atoms with Gasteiger partial charge in [0.2, 0.25) is 0 Å². The second-order valence-electron chi connectivity index (χ2n) is 6.65.